The summed E-state index contributed by atoms with van der Waals surface area (Å²) in [5.41, 5.74) is 2.94. The zero-order valence-corrected chi connectivity index (χ0v) is 30.1. The first kappa shape index (κ1) is 34.3. The first-order chi connectivity index (χ1) is 21.2. The fraction of sp³-hybridized carbons (Fsp3) is 0.533. The van der Waals surface area contributed by atoms with Crippen molar-refractivity contribution in [2.24, 2.45) is 0 Å². The van der Waals surface area contributed by atoms with Crippen LogP contribution in [-0.4, -0.2) is 92.9 Å². The number of carbonyl (C=O) groups is 3. The minimum atomic E-state index is -2.52. The third kappa shape index (κ3) is 7.60. The number of pyridine rings is 2. The summed E-state index contributed by atoms with van der Waals surface area (Å²) in [4.78, 5) is 56.3. The summed E-state index contributed by atoms with van der Waals surface area (Å²) in [6, 6.07) is 6.20. The molecule has 2 fully saturated rings. The van der Waals surface area contributed by atoms with Crippen LogP contribution in [0.5, 0.6) is 0 Å². The van der Waals surface area contributed by atoms with Crippen LogP contribution < -0.4 is 13.7 Å². The van der Waals surface area contributed by atoms with Crippen molar-refractivity contribution in [2.75, 3.05) is 55.5 Å². The number of fused-ring (bicyclic) bond motifs is 1. The summed E-state index contributed by atoms with van der Waals surface area (Å²) in [6.45, 7) is 6.48. The standard InChI is InChI=1S/C28H34I2N8O4.C2H6/c1-30(23-12-22(19(13-31)14-32-23)33-20-10-21(11-20)42-3)28(41)38-6-4-5-17-9-18(25(27(40)35-29)34-26(17)38)15-37-8-7-36(2)16-24(37)39;1-2/h9,12,14,20-21H,4-8,10-11,15-16H2,1-3H3,(H,32,33)(H,35,40);1-2H3. The Hall–Kier alpha value is -2.62. The van der Waals surface area contributed by atoms with Gasteiger partial charge >= 0.3 is 268 Å². The number of carbonyl (C=O) groups excluding carboxylic acids is 3. The van der Waals surface area contributed by atoms with Gasteiger partial charge in [0, 0.05) is 0 Å². The van der Waals surface area contributed by atoms with Gasteiger partial charge in [-0.2, -0.15) is 0 Å². The summed E-state index contributed by atoms with van der Waals surface area (Å²) in [5, 5.41) is 13.1. The Balaban J connectivity index is 0.00000216. The normalized spacial score (nSPS) is 19.9. The molecular weight excluding hydrogens is 790 g/mol. The van der Waals surface area contributed by atoms with Gasteiger partial charge in [0.1, 0.15) is 0 Å². The fourth-order valence-corrected chi connectivity index (χ4v) is 8.81. The second-order valence-corrected chi connectivity index (χ2v) is 16.0. The van der Waals surface area contributed by atoms with Gasteiger partial charge in [-0.05, 0) is 0 Å². The second kappa shape index (κ2) is 15.6. The van der Waals surface area contributed by atoms with Crippen molar-refractivity contribution in [3.8, 4) is 6.07 Å². The maximum atomic E-state index is 14.0. The number of halogens is 2. The number of alkyl halides is 1. The molecule has 1 saturated carbocycles. The molecule has 2 N–H and O–H groups in total. The van der Waals surface area contributed by atoms with E-state index < -0.39 is 19.8 Å². The molecule has 1 saturated heterocycles. The maximum absolute atomic E-state index is 14.0. The molecule has 4 heterocycles. The van der Waals surface area contributed by atoms with E-state index in [-0.39, 0.29) is 33.6 Å². The van der Waals surface area contributed by atoms with Crippen molar-refractivity contribution in [1.82, 2.24) is 23.3 Å². The number of likely N-dealkylation sites (N-methyl/N-ethyl adjacent to an activating group) is 1. The summed E-state index contributed by atoms with van der Waals surface area (Å²) < 4.78 is 8.69. The molecule has 3 aliphatic rings. The van der Waals surface area contributed by atoms with Crippen LogP contribution in [0.2, 0.25) is 0 Å². The number of hydrogen-bond acceptors (Lipinski definition) is 9. The van der Waals surface area contributed by atoms with E-state index in [0.29, 0.717) is 52.5 Å². The zero-order valence-electron chi connectivity index (χ0n) is 25.8. The Morgan fingerprint density at radius 3 is 2.64 bits per heavy atom. The predicted octanol–water partition coefficient (Wildman–Crippen LogP) is 4.20. The minimum absolute atomic E-state index is 0.0132. The number of ether oxygens (including phenoxy) is 1. The van der Waals surface area contributed by atoms with Gasteiger partial charge in [-0.15, -0.1) is 0 Å². The number of hydrogen-bond donors (Lipinski definition) is 2. The van der Waals surface area contributed by atoms with E-state index in [1.54, 1.807) is 46.0 Å². The zero-order chi connectivity index (χ0) is 32.0. The second-order valence-electron chi connectivity index (χ2n) is 10.8. The average Bonchev–Trinajstić information content (AvgIpc) is 3.02. The number of piperazine rings is 1. The summed E-state index contributed by atoms with van der Waals surface area (Å²) >= 11 is -0.734. The van der Waals surface area contributed by atoms with Gasteiger partial charge < -0.3 is 0 Å². The number of anilines is 2. The van der Waals surface area contributed by atoms with Gasteiger partial charge in [0.25, 0.3) is 0 Å². The van der Waals surface area contributed by atoms with Crippen LogP contribution in [0.15, 0.2) is 18.3 Å². The van der Waals surface area contributed by atoms with Gasteiger partial charge in [0.15, 0.2) is 0 Å². The number of aromatic nitrogens is 2. The third-order valence-electron chi connectivity index (χ3n) is 7.94. The Labute approximate surface area is 280 Å². The number of aryl methyl sites for hydroxylation is 1. The molecular formula is C30H40I2N8O4. The van der Waals surface area contributed by atoms with E-state index in [0.717, 1.165) is 37.8 Å². The molecule has 14 heteroatoms. The quantitative estimate of drug-likeness (QED) is 0.100. The Kier molecular flexibility index (Phi) is 12.1. The van der Waals surface area contributed by atoms with Crippen LogP contribution in [0.3, 0.4) is 0 Å². The molecule has 0 bridgehead atoms. The van der Waals surface area contributed by atoms with E-state index in [4.69, 9.17) is 9.72 Å². The monoisotopic (exact) mass is 830 g/mol. The van der Waals surface area contributed by atoms with Crippen molar-refractivity contribution >= 4 is 69.9 Å². The Bertz CT molecular complexity index is 1430. The summed E-state index contributed by atoms with van der Waals surface area (Å²) in [5.74, 6) is 0.154. The van der Waals surface area contributed by atoms with Crippen LogP contribution in [0.4, 0.5) is 16.3 Å². The molecule has 1 aliphatic carbocycles. The van der Waals surface area contributed by atoms with E-state index in [9.17, 15) is 19.6 Å². The average molecular weight is 831 g/mol. The molecule has 44 heavy (non-hydrogen) atoms. The molecule has 2 aromatic rings. The van der Waals surface area contributed by atoms with E-state index >= 15 is 0 Å². The molecule has 0 radical (unpaired) electrons. The first-order valence-corrected chi connectivity index (χ1v) is 20.1. The van der Waals surface area contributed by atoms with E-state index in [2.05, 4.69) is 19.9 Å². The number of amides is 3. The molecule has 3 amide bonds. The van der Waals surface area contributed by atoms with Gasteiger partial charge in [0.2, 0.25) is 0 Å². The van der Waals surface area contributed by atoms with Crippen molar-refractivity contribution in [2.45, 2.75) is 58.2 Å². The molecule has 0 atom stereocenters. The van der Waals surface area contributed by atoms with Gasteiger partial charge in [-0.25, -0.2) is 0 Å². The van der Waals surface area contributed by atoms with Crippen molar-refractivity contribution in [1.29, 1.82) is 5.26 Å². The molecule has 238 valence electrons. The molecule has 0 spiro atoms. The molecule has 2 aromatic heterocycles. The first-order valence-electron chi connectivity index (χ1n) is 14.7. The topological polar surface area (TPSA) is 144 Å². The van der Waals surface area contributed by atoms with Gasteiger partial charge in [-0.1, -0.05) is 13.8 Å². The van der Waals surface area contributed by atoms with Crippen LogP contribution in [0.1, 0.15) is 60.3 Å². The fourth-order valence-electron chi connectivity index (χ4n) is 5.40. The summed E-state index contributed by atoms with van der Waals surface area (Å²) in [6.07, 6.45) is 4.99. The van der Waals surface area contributed by atoms with E-state index in [1.807, 2.05) is 42.9 Å². The van der Waals surface area contributed by atoms with Crippen molar-refractivity contribution in [3.05, 3.63) is 44.4 Å². The van der Waals surface area contributed by atoms with Crippen LogP contribution in [0, 0.1) is 15.0 Å². The van der Waals surface area contributed by atoms with Gasteiger partial charge in [0.05, 0.1) is 0 Å². The number of methoxy groups -OCH3 is 1. The Morgan fingerprint density at radius 1 is 1.23 bits per heavy atom. The van der Waals surface area contributed by atoms with Crippen molar-refractivity contribution in [3.63, 3.8) is 0 Å². The van der Waals surface area contributed by atoms with E-state index in [1.165, 1.54) is 0 Å². The SMILES string of the molecule is CC.COC1CC(Nc2cc(I(C)C(=O)N3CCCc4cc(CN5CCN(C)CC5=O)c(C(=O)NI)nc43)ncc2C#N)C1. The van der Waals surface area contributed by atoms with Crippen molar-refractivity contribution < 1.29 is 19.1 Å². The molecule has 5 rings (SSSR count). The number of nitrogens with zero attached hydrogens (tertiary/aromatic N) is 6. The van der Waals surface area contributed by atoms with Crippen LogP contribution in [-0.2, 0) is 22.5 Å². The number of nitriles is 1. The molecule has 2 aliphatic heterocycles. The number of rotatable bonds is 8. The third-order valence-corrected chi connectivity index (χ3v) is 12.6. The van der Waals surface area contributed by atoms with Gasteiger partial charge in [-0.3, -0.25) is 0 Å². The summed E-state index contributed by atoms with van der Waals surface area (Å²) in [7, 11) is 3.61. The number of nitrogens with one attached hydrogen (secondary N) is 2. The molecule has 12 nitrogen and oxygen atoms in total. The molecule has 0 unspecified atom stereocenters. The molecule has 0 aromatic carbocycles. The van der Waals surface area contributed by atoms with Crippen LogP contribution >= 0.6 is 42.7 Å². The van der Waals surface area contributed by atoms with Crippen LogP contribution in [0.25, 0.3) is 0 Å². The predicted molar refractivity (Wildman–Crippen MR) is 186 cm³/mol. The Morgan fingerprint density at radius 2 is 1.98 bits per heavy atom.